The summed E-state index contributed by atoms with van der Waals surface area (Å²) in [6, 6.07) is 3.25. The van der Waals surface area contributed by atoms with Crippen molar-refractivity contribution in [1.29, 1.82) is 0 Å². The molecular formula is C29H38O8. The molecule has 1 aromatic heterocycles. The second-order valence-electron chi connectivity index (χ2n) is 12.6. The third-order valence-corrected chi connectivity index (χ3v) is 11.2. The number of methoxy groups -OCH3 is 1. The molecule has 202 valence electrons. The average Bonchev–Trinajstić information content (AvgIpc) is 3.59. The maximum atomic E-state index is 12.3. The Bertz CT molecular complexity index is 1120. The van der Waals surface area contributed by atoms with Crippen molar-refractivity contribution in [3.8, 4) is 0 Å². The number of aliphatic hydroxyl groups is 1. The Kier molecular flexibility index (Phi) is 5.88. The van der Waals surface area contributed by atoms with E-state index in [9.17, 15) is 19.5 Å². The molecule has 5 fully saturated rings. The van der Waals surface area contributed by atoms with E-state index in [2.05, 4.69) is 18.6 Å². The van der Waals surface area contributed by atoms with E-state index in [0.717, 1.165) is 50.5 Å². The lowest BCUT2D eigenvalue weighted by molar-refractivity contribution is -0.166. The van der Waals surface area contributed by atoms with Gasteiger partial charge in [0.15, 0.2) is 0 Å². The molecule has 4 aliphatic carbocycles. The van der Waals surface area contributed by atoms with Gasteiger partial charge in [0.05, 0.1) is 32.3 Å². The summed E-state index contributed by atoms with van der Waals surface area (Å²) in [4.78, 5) is 35.2. The van der Waals surface area contributed by atoms with E-state index >= 15 is 0 Å². The number of ether oxygens (including phenoxy) is 3. The number of fused-ring (bicyclic) bond motifs is 3. The number of hydrogen-bond donors (Lipinski definition) is 1. The first kappa shape index (κ1) is 25.1. The minimum atomic E-state index is -0.609. The van der Waals surface area contributed by atoms with Gasteiger partial charge in [0, 0.05) is 17.4 Å². The lowest BCUT2D eigenvalue weighted by Crippen LogP contribution is -2.58. The molecule has 0 aromatic carbocycles. The van der Waals surface area contributed by atoms with Crippen LogP contribution < -0.4 is 5.63 Å². The van der Waals surface area contributed by atoms with Crippen LogP contribution >= 0.6 is 0 Å². The lowest BCUT2D eigenvalue weighted by atomic mass is 9.44. The second-order valence-corrected chi connectivity index (χ2v) is 12.6. The zero-order chi connectivity index (χ0) is 26.2. The number of esters is 2. The third-order valence-electron chi connectivity index (χ3n) is 11.2. The molecule has 6 rings (SSSR count). The maximum Gasteiger partial charge on any atom is 0.335 e. The molecule has 1 aromatic rings. The van der Waals surface area contributed by atoms with Crippen LogP contribution in [0.15, 0.2) is 27.6 Å². The highest BCUT2D eigenvalue weighted by Gasteiger charge is 2.83. The number of carbonyl (C=O) groups is 2. The number of carbonyl (C=O) groups excluding carboxylic acids is 2. The maximum absolute atomic E-state index is 12.3. The smallest absolute Gasteiger partial charge is 0.335 e. The van der Waals surface area contributed by atoms with Crippen LogP contribution in [0.5, 0.6) is 0 Å². The summed E-state index contributed by atoms with van der Waals surface area (Å²) in [5, 5.41) is 11.4. The van der Waals surface area contributed by atoms with E-state index in [1.165, 1.54) is 19.4 Å². The van der Waals surface area contributed by atoms with Crippen molar-refractivity contribution in [1.82, 2.24) is 0 Å². The molecule has 0 bridgehead atoms. The zero-order valence-electron chi connectivity index (χ0n) is 21.9. The molecule has 0 radical (unpaired) electrons. The van der Waals surface area contributed by atoms with Crippen molar-refractivity contribution >= 4 is 11.9 Å². The molecule has 1 saturated heterocycles. The van der Waals surface area contributed by atoms with Crippen molar-refractivity contribution in [2.24, 2.45) is 28.6 Å². The zero-order valence-corrected chi connectivity index (χ0v) is 21.9. The van der Waals surface area contributed by atoms with Gasteiger partial charge >= 0.3 is 17.6 Å². The van der Waals surface area contributed by atoms with Gasteiger partial charge in [-0.1, -0.05) is 13.8 Å². The summed E-state index contributed by atoms with van der Waals surface area (Å²) in [5.41, 5.74) is 0.108. The summed E-state index contributed by atoms with van der Waals surface area (Å²) < 4.78 is 22.1. The van der Waals surface area contributed by atoms with Crippen LogP contribution in [0.3, 0.4) is 0 Å². The highest BCUT2D eigenvalue weighted by molar-refractivity contribution is 5.77. The fourth-order valence-electron chi connectivity index (χ4n) is 9.45. The summed E-state index contributed by atoms with van der Waals surface area (Å²) in [7, 11) is 1.32. The van der Waals surface area contributed by atoms with Crippen LogP contribution in [0.2, 0.25) is 0 Å². The molecule has 1 N–H and O–H groups in total. The Balaban J connectivity index is 1.18. The van der Waals surface area contributed by atoms with Gasteiger partial charge in [0.2, 0.25) is 0 Å². The molecule has 8 heteroatoms. The molecule has 5 aliphatic rings. The minimum absolute atomic E-state index is 0.0525. The number of epoxide rings is 1. The molecule has 0 amide bonds. The van der Waals surface area contributed by atoms with E-state index < -0.39 is 12.1 Å². The van der Waals surface area contributed by atoms with Crippen LogP contribution in [0.1, 0.15) is 83.1 Å². The predicted octanol–water partition coefficient (Wildman–Crippen LogP) is 3.73. The SMILES string of the molecule is COC(=O)CCC(=O)O[C@H]1CC[C@@]2(C)[C@H](CC[C@@H]3[C@@H]2CC[C@]2(C)[C@@H](c4ccc(=O)oc4)[C@@H](O)[C@H]4O[C@]342)C1. The number of rotatable bonds is 5. The van der Waals surface area contributed by atoms with Crippen LogP contribution in [-0.2, 0) is 23.8 Å². The monoisotopic (exact) mass is 514 g/mol. The van der Waals surface area contributed by atoms with Gasteiger partial charge in [0.25, 0.3) is 0 Å². The van der Waals surface area contributed by atoms with Gasteiger partial charge < -0.3 is 23.7 Å². The number of aliphatic hydroxyl groups excluding tert-OH is 1. The largest absolute Gasteiger partial charge is 0.469 e. The predicted molar refractivity (Wildman–Crippen MR) is 131 cm³/mol. The normalized spacial score (nSPS) is 45.6. The van der Waals surface area contributed by atoms with Crippen LogP contribution in [0, 0.1) is 28.6 Å². The van der Waals surface area contributed by atoms with E-state index in [4.69, 9.17) is 13.9 Å². The Morgan fingerprint density at radius 3 is 2.57 bits per heavy atom. The van der Waals surface area contributed by atoms with Crippen molar-refractivity contribution in [3.63, 3.8) is 0 Å². The van der Waals surface area contributed by atoms with Gasteiger partial charge in [-0.15, -0.1) is 0 Å². The van der Waals surface area contributed by atoms with Gasteiger partial charge in [0.1, 0.15) is 17.8 Å². The van der Waals surface area contributed by atoms with Crippen LogP contribution in [0.4, 0.5) is 0 Å². The fourth-order valence-corrected chi connectivity index (χ4v) is 9.45. The van der Waals surface area contributed by atoms with Crippen molar-refractivity contribution < 1.29 is 33.3 Å². The molecule has 2 heterocycles. The highest BCUT2D eigenvalue weighted by Crippen LogP contribution is 2.77. The molecule has 10 atom stereocenters. The lowest BCUT2D eigenvalue weighted by Gasteiger charge is -2.61. The summed E-state index contributed by atoms with van der Waals surface area (Å²) in [5.74, 6) is 0.530. The van der Waals surface area contributed by atoms with Gasteiger partial charge in [-0.2, -0.15) is 0 Å². The molecule has 8 nitrogen and oxygen atoms in total. The molecule has 0 unspecified atom stereocenters. The van der Waals surface area contributed by atoms with Gasteiger partial charge in [-0.05, 0) is 79.7 Å². The van der Waals surface area contributed by atoms with Crippen LogP contribution in [-0.4, -0.2) is 48.1 Å². The Morgan fingerprint density at radius 1 is 1.05 bits per heavy atom. The number of hydrogen-bond acceptors (Lipinski definition) is 8. The highest BCUT2D eigenvalue weighted by atomic mass is 16.6. The molecule has 1 spiro atoms. The first-order valence-corrected chi connectivity index (χ1v) is 13.8. The molecular weight excluding hydrogens is 476 g/mol. The van der Waals surface area contributed by atoms with Crippen molar-refractivity contribution in [2.45, 2.75) is 101 Å². The average molecular weight is 515 g/mol. The Labute approximate surface area is 217 Å². The fraction of sp³-hybridized carbons (Fsp3) is 0.759. The standard InChI is InChI=1S/C29H38O8/c1-27-12-10-18(36-23(32)9-8-21(30)34-3)14-17(27)5-6-20-19(27)11-13-28(2)24(16-4-7-22(31)35-15-16)25(33)26-29(20,28)37-26/h4,7,15,17-20,24-26,33H,5-6,8-14H2,1-3H3/t17-,18+,19+,20-,24+,25-,26-,27+,28-,29-/m1/s1. The van der Waals surface area contributed by atoms with Crippen molar-refractivity contribution in [2.75, 3.05) is 7.11 Å². The molecule has 4 saturated carbocycles. The summed E-state index contributed by atoms with van der Waals surface area (Å²) in [6.07, 6.45) is 7.61. The van der Waals surface area contributed by atoms with Crippen molar-refractivity contribution in [3.05, 3.63) is 34.4 Å². The van der Waals surface area contributed by atoms with Gasteiger partial charge in [-0.25, -0.2) is 4.79 Å². The molecule has 1 aliphatic heterocycles. The Hall–Kier alpha value is -2.19. The minimum Gasteiger partial charge on any atom is -0.469 e. The summed E-state index contributed by atoms with van der Waals surface area (Å²) >= 11 is 0. The van der Waals surface area contributed by atoms with E-state index in [0.29, 0.717) is 17.8 Å². The van der Waals surface area contributed by atoms with Crippen LogP contribution in [0.25, 0.3) is 0 Å². The third kappa shape index (κ3) is 3.58. The second kappa shape index (κ2) is 8.67. The topological polar surface area (TPSA) is 116 Å². The van der Waals surface area contributed by atoms with Gasteiger partial charge in [-0.3, -0.25) is 9.59 Å². The summed E-state index contributed by atoms with van der Waals surface area (Å²) in [6.45, 7) is 4.70. The quantitative estimate of drug-likeness (QED) is 0.467. The van der Waals surface area contributed by atoms with E-state index in [1.54, 1.807) is 0 Å². The Morgan fingerprint density at radius 2 is 1.84 bits per heavy atom. The first-order chi connectivity index (χ1) is 17.6. The van der Waals surface area contributed by atoms with E-state index in [1.807, 2.05) is 6.07 Å². The van der Waals surface area contributed by atoms with E-state index in [-0.39, 0.29) is 59.0 Å². The first-order valence-electron chi connectivity index (χ1n) is 13.8. The molecule has 37 heavy (non-hydrogen) atoms.